The Kier molecular flexibility index (Phi) is 12400000. The number of hydrogen-bond acceptors (Lipinski definition) is 3. The molecule has 0 fully saturated rings. The van der Waals surface area contributed by atoms with Crippen molar-refractivity contribution in [2.45, 2.75) is 0 Å². The van der Waals surface area contributed by atoms with E-state index >= 15 is 0 Å². The van der Waals surface area contributed by atoms with Crippen LogP contribution in [0.15, 0.2) is 0 Å². The van der Waals surface area contributed by atoms with Crippen LogP contribution in [-0.2, 0) is 17.1 Å². The van der Waals surface area contributed by atoms with Gasteiger partial charge < -0.3 is 35.5 Å². The third kappa shape index (κ3) is 1350000. The average Bonchev–Trinajstić information content (AvgIpc) is 1.81. The van der Waals surface area contributed by atoms with Crippen molar-refractivity contribution in [1.29, 1.82) is 15.8 Å². The van der Waals surface area contributed by atoms with E-state index in [-0.39, 0.29) is 46.6 Å². The van der Waals surface area contributed by atoms with Gasteiger partial charge in [0, 0.05) is 0 Å². The maximum atomic E-state index is 6.25. The van der Waals surface area contributed by atoms with Crippen molar-refractivity contribution in [2.24, 2.45) is 0 Å². The molecule has 0 radical (unpaired) electrons. The van der Waals surface area contributed by atoms with Crippen LogP contribution in [0.1, 0.15) is 0 Å². The van der Waals surface area contributed by atoms with Gasteiger partial charge in [0.1, 0.15) is 0 Å². The summed E-state index contributed by atoms with van der Waals surface area (Å²) in [5.41, 5.74) is 0. The van der Waals surface area contributed by atoms with Crippen molar-refractivity contribution in [3.63, 3.8) is 0 Å². The third-order valence-corrected chi connectivity index (χ3v) is 0. The molecule has 0 unspecified atom stereocenters. The van der Waals surface area contributed by atoms with Crippen molar-refractivity contribution >= 4 is 0 Å². The monoisotopic (exact) mass is 157 g/mol. The Bertz CT molecular complexity index is 43.0. The summed E-state index contributed by atoms with van der Waals surface area (Å²) < 4.78 is 0. The van der Waals surface area contributed by atoms with Crippen LogP contribution in [0, 0.1) is 35.5 Å². The second kappa shape index (κ2) is 2270000. The van der Waals surface area contributed by atoms with E-state index < -0.39 is 0 Å². The molecule has 8 heavy (non-hydrogen) atoms. The Morgan fingerprint density at radius 2 is 0.625 bits per heavy atom. The van der Waals surface area contributed by atoms with Crippen LogP contribution in [0.3, 0.4) is 0 Å². The van der Waals surface area contributed by atoms with E-state index in [0.717, 1.165) is 0 Å². The van der Waals surface area contributed by atoms with Crippen LogP contribution in [0.2, 0.25) is 0 Å². The molecule has 0 amide bonds. The van der Waals surface area contributed by atoms with Crippen molar-refractivity contribution in [3.8, 4) is 0 Å². The smallest absolute Gasteiger partial charge is 0.512 e. The summed E-state index contributed by atoms with van der Waals surface area (Å²) in [7, 11) is 0. The number of nitrogens with zero attached hydrogens (tertiary/aromatic N) is 3. The number of hydrogen-bond donors (Lipinski definition) is 0. The fourth-order valence-corrected chi connectivity index (χ4v) is 0. The minimum atomic E-state index is 0. The molecule has 0 atom stereocenters. The second-order valence-electron chi connectivity index (χ2n) is 0. The molecule has 36 valence electrons. The van der Waals surface area contributed by atoms with E-state index in [1.807, 2.05) is 0 Å². The van der Waals surface area contributed by atoms with Gasteiger partial charge in [-0.05, 0) is 0 Å². The van der Waals surface area contributed by atoms with Gasteiger partial charge in [-0.15, -0.1) is 0 Å². The first-order chi connectivity index (χ1) is 3.00. The summed E-state index contributed by atoms with van der Waals surface area (Å²) >= 11 is 0. The van der Waals surface area contributed by atoms with E-state index in [0.29, 0.717) is 0 Å². The first-order valence-electron chi connectivity index (χ1n) is 0.671. The van der Waals surface area contributed by atoms with Crippen molar-refractivity contribution in [1.82, 2.24) is 0 Å². The SMILES string of the molecule is [C-]#N.[C-]#N.[C-]#N.[Fe+2].[Na+]. The van der Waals surface area contributed by atoms with E-state index in [2.05, 4.69) is 0 Å². The van der Waals surface area contributed by atoms with Crippen LogP contribution >= 0.6 is 0 Å². The van der Waals surface area contributed by atoms with Crippen molar-refractivity contribution in [3.05, 3.63) is 19.7 Å². The van der Waals surface area contributed by atoms with Crippen LogP contribution < -0.4 is 29.6 Å². The molecule has 0 aromatic carbocycles. The molecular weight excluding hydrogens is 157 g/mol. The number of rotatable bonds is 0. The Morgan fingerprint density at radius 3 is 0.625 bits per heavy atom. The first-order valence-corrected chi connectivity index (χ1v) is 0.671. The molecule has 0 N–H and O–H groups in total. The predicted molar refractivity (Wildman–Crippen MR) is 14.9 cm³/mol. The van der Waals surface area contributed by atoms with Gasteiger partial charge >= 0.3 is 46.6 Å². The normalized spacial score (nSPS) is 0.750. The van der Waals surface area contributed by atoms with Crippen LogP contribution in [-0.4, -0.2) is 0 Å². The largest absolute Gasteiger partial charge is 2.00 e. The summed E-state index contributed by atoms with van der Waals surface area (Å²) in [6, 6.07) is 0. The van der Waals surface area contributed by atoms with Gasteiger partial charge in [0.25, 0.3) is 0 Å². The minimum absolute atomic E-state index is 0. The predicted octanol–water partition coefficient (Wildman–Crippen LogP) is -2.71. The molecule has 0 aliphatic heterocycles. The van der Waals surface area contributed by atoms with Crippen molar-refractivity contribution < 1.29 is 46.6 Å². The van der Waals surface area contributed by atoms with Gasteiger partial charge in [-0.1, -0.05) is 0 Å². The van der Waals surface area contributed by atoms with Crippen LogP contribution in [0.5, 0.6) is 0 Å². The van der Waals surface area contributed by atoms with E-state index in [1.165, 1.54) is 0 Å². The van der Waals surface area contributed by atoms with Gasteiger partial charge in [-0.25, -0.2) is 0 Å². The molecule has 5 heteroatoms. The fraction of sp³-hybridized carbons (Fsp3) is 0. The molecule has 0 saturated heterocycles. The Morgan fingerprint density at radius 1 is 0.625 bits per heavy atom. The van der Waals surface area contributed by atoms with E-state index in [1.54, 1.807) is 0 Å². The Balaban J connectivity index is -0.00000000500. The minimum Gasteiger partial charge on any atom is -0.512 e. The third-order valence-electron chi connectivity index (χ3n) is 0. The van der Waals surface area contributed by atoms with Gasteiger partial charge in [0.05, 0.1) is 0 Å². The Labute approximate surface area is 81.7 Å². The van der Waals surface area contributed by atoms with Gasteiger partial charge in [-0.3, -0.25) is 0 Å². The molecule has 0 spiro atoms. The topological polar surface area (TPSA) is 71.4 Å². The zero-order valence-electron chi connectivity index (χ0n) is 4.20. The molecule has 0 aliphatic carbocycles. The molecule has 0 rings (SSSR count). The zero-order valence-corrected chi connectivity index (χ0v) is 7.30. The quantitative estimate of drug-likeness (QED) is 0.283. The summed E-state index contributed by atoms with van der Waals surface area (Å²) in [6.07, 6.45) is 0. The van der Waals surface area contributed by atoms with Gasteiger partial charge in [0.2, 0.25) is 0 Å². The molecular formula is C3FeN3Na. The van der Waals surface area contributed by atoms with E-state index in [4.69, 9.17) is 35.5 Å². The second-order valence-corrected chi connectivity index (χ2v) is 0. The van der Waals surface area contributed by atoms with Gasteiger partial charge in [0.15, 0.2) is 0 Å². The average molecular weight is 157 g/mol. The van der Waals surface area contributed by atoms with Crippen molar-refractivity contribution in [2.75, 3.05) is 0 Å². The standard InChI is InChI=1S/3CN.Fe.Na/c3*1-2;;/q3*-1;+2;+1. The molecule has 0 aromatic heterocycles. The Hall–Kier alpha value is -0.0105. The summed E-state index contributed by atoms with van der Waals surface area (Å²) in [5, 5.41) is 18.8. The summed E-state index contributed by atoms with van der Waals surface area (Å²) in [6.45, 7) is 14.2. The summed E-state index contributed by atoms with van der Waals surface area (Å²) in [4.78, 5) is 0. The fourth-order valence-electron chi connectivity index (χ4n) is 0. The zero-order chi connectivity index (χ0) is 6.00. The molecule has 0 saturated carbocycles. The van der Waals surface area contributed by atoms with Gasteiger partial charge in [-0.2, -0.15) is 0 Å². The molecule has 3 nitrogen and oxygen atoms in total. The molecule has 0 aromatic rings. The summed E-state index contributed by atoms with van der Waals surface area (Å²) in [5.74, 6) is 0. The maximum absolute atomic E-state index is 6.25. The van der Waals surface area contributed by atoms with E-state index in [9.17, 15) is 0 Å². The maximum Gasteiger partial charge on any atom is 2.00 e. The molecule has 0 bridgehead atoms. The molecule has 0 heterocycles. The van der Waals surface area contributed by atoms with Crippen LogP contribution in [0.4, 0.5) is 0 Å². The van der Waals surface area contributed by atoms with Crippen LogP contribution in [0.25, 0.3) is 0 Å². The molecule has 0 aliphatic rings. The first kappa shape index (κ1) is 43.7.